The van der Waals surface area contributed by atoms with Crippen LogP contribution in [0.25, 0.3) is 0 Å². The fourth-order valence-corrected chi connectivity index (χ4v) is 8.03. The average Bonchev–Trinajstić information content (AvgIpc) is 3.19. The SMILES string of the molecule is CCCCCCCCCCCCCCNCCCCN(CCCCCCCCCCCCC)CC(O)CNCCCC(=O)NCCCCCCCCCCCC. The van der Waals surface area contributed by atoms with Crippen molar-refractivity contribution in [3.63, 3.8) is 0 Å². The van der Waals surface area contributed by atoms with E-state index in [-0.39, 0.29) is 12.0 Å². The fourth-order valence-electron chi connectivity index (χ4n) is 8.03. The van der Waals surface area contributed by atoms with Gasteiger partial charge < -0.3 is 26.0 Å². The molecule has 0 fully saturated rings. The first kappa shape index (κ1) is 55.3. The van der Waals surface area contributed by atoms with Crippen LogP contribution in [-0.4, -0.2) is 74.4 Å². The zero-order valence-electron chi connectivity index (χ0n) is 38.7. The van der Waals surface area contributed by atoms with Crippen LogP contribution in [0, 0.1) is 0 Å². The molecule has 0 radical (unpaired) electrons. The second-order valence-electron chi connectivity index (χ2n) is 17.7. The standard InChI is InChI=1S/C50H104N4O2/c1-4-7-10-13-16-19-22-23-25-28-31-34-41-51-42-36-38-46-54(45-37-33-30-27-24-20-17-14-11-8-5-2)48-49(55)47-52-43-39-40-50(56)53-44-35-32-29-26-21-18-15-12-9-6-3/h49,51-52,55H,4-48H2,1-3H3,(H,53,56). The lowest BCUT2D eigenvalue weighted by molar-refractivity contribution is -0.121. The molecule has 336 valence electrons. The second kappa shape index (κ2) is 48.7. The smallest absolute Gasteiger partial charge is 0.220 e. The number of unbranched alkanes of at least 4 members (excludes halogenated alkanes) is 31. The van der Waals surface area contributed by atoms with Gasteiger partial charge in [-0.2, -0.15) is 0 Å². The summed E-state index contributed by atoms with van der Waals surface area (Å²) in [4.78, 5) is 14.8. The van der Waals surface area contributed by atoms with Gasteiger partial charge in [0.2, 0.25) is 5.91 Å². The van der Waals surface area contributed by atoms with Crippen LogP contribution in [0.5, 0.6) is 0 Å². The van der Waals surface area contributed by atoms with Gasteiger partial charge in [0, 0.05) is 26.1 Å². The third-order valence-electron chi connectivity index (χ3n) is 11.8. The van der Waals surface area contributed by atoms with E-state index in [1.807, 2.05) is 0 Å². The van der Waals surface area contributed by atoms with Crippen molar-refractivity contribution in [3.8, 4) is 0 Å². The van der Waals surface area contributed by atoms with E-state index >= 15 is 0 Å². The zero-order chi connectivity index (χ0) is 40.7. The Morgan fingerprint density at radius 3 is 1.16 bits per heavy atom. The number of hydrogen-bond acceptors (Lipinski definition) is 5. The molecule has 0 aromatic heterocycles. The topological polar surface area (TPSA) is 76.6 Å². The summed E-state index contributed by atoms with van der Waals surface area (Å²) < 4.78 is 0. The summed E-state index contributed by atoms with van der Waals surface area (Å²) in [6.07, 6.45) is 48.6. The molecule has 0 saturated heterocycles. The summed E-state index contributed by atoms with van der Waals surface area (Å²) in [6.45, 7) is 14.3. The van der Waals surface area contributed by atoms with Crippen LogP contribution in [0.2, 0.25) is 0 Å². The molecule has 1 atom stereocenters. The van der Waals surface area contributed by atoms with Gasteiger partial charge >= 0.3 is 0 Å². The van der Waals surface area contributed by atoms with E-state index in [9.17, 15) is 9.90 Å². The number of amides is 1. The molecule has 0 bridgehead atoms. The Hall–Kier alpha value is -0.690. The van der Waals surface area contributed by atoms with Gasteiger partial charge in [-0.25, -0.2) is 0 Å². The number of rotatable bonds is 49. The van der Waals surface area contributed by atoms with E-state index in [2.05, 4.69) is 41.6 Å². The first-order valence-corrected chi connectivity index (χ1v) is 25.7. The summed E-state index contributed by atoms with van der Waals surface area (Å²) in [5.74, 6) is 0.171. The number of carbonyl (C=O) groups excluding carboxylic acids is 1. The minimum atomic E-state index is -0.364. The first-order chi connectivity index (χ1) is 27.6. The molecule has 0 aliphatic carbocycles. The molecular formula is C50H104N4O2. The van der Waals surface area contributed by atoms with Crippen molar-refractivity contribution in [1.82, 2.24) is 20.9 Å². The van der Waals surface area contributed by atoms with Crippen LogP contribution < -0.4 is 16.0 Å². The maximum atomic E-state index is 12.3. The summed E-state index contributed by atoms with van der Waals surface area (Å²) in [5.41, 5.74) is 0. The number of nitrogens with one attached hydrogen (secondary N) is 3. The third kappa shape index (κ3) is 46.0. The summed E-state index contributed by atoms with van der Waals surface area (Å²) in [6, 6.07) is 0. The molecule has 6 heteroatoms. The fraction of sp³-hybridized carbons (Fsp3) is 0.980. The van der Waals surface area contributed by atoms with Crippen molar-refractivity contribution < 1.29 is 9.90 Å². The third-order valence-corrected chi connectivity index (χ3v) is 11.8. The number of hydrogen-bond donors (Lipinski definition) is 4. The molecule has 0 saturated carbocycles. The van der Waals surface area contributed by atoms with Gasteiger partial charge in [0.25, 0.3) is 0 Å². The maximum Gasteiger partial charge on any atom is 0.220 e. The Labute approximate surface area is 352 Å². The number of aliphatic hydroxyl groups is 1. The predicted molar refractivity (Wildman–Crippen MR) is 249 cm³/mol. The van der Waals surface area contributed by atoms with Crippen LogP contribution in [0.15, 0.2) is 0 Å². The van der Waals surface area contributed by atoms with Gasteiger partial charge in [0.1, 0.15) is 0 Å². The second-order valence-corrected chi connectivity index (χ2v) is 17.7. The summed E-state index contributed by atoms with van der Waals surface area (Å²) in [7, 11) is 0. The van der Waals surface area contributed by atoms with Crippen molar-refractivity contribution in [2.24, 2.45) is 0 Å². The molecule has 4 N–H and O–H groups in total. The highest BCUT2D eigenvalue weighted by atomic mass is 16.3. The molecule has 0 aliphatic heterocycles. The van der Waals surface area contributed by atoms with Gasteiger partial charge in [-0.05, 0) is 71.2 Å². The highest BCUT2D eigenvalue weighted by molar-refractivity contribution is 5.75. The van der Waals surface area contributed by atoms with E-state index in [1.165, 1.54) is 218 Å². The lowest BCUT2D eigenvalue weighted by Gasteiger charge is -2.25. The quantitative estimate of drug-likeness (QED) is 0.0462. The van der Waals surface area contributed by atoms with E-state index in [1.54, 1.807) is 0 Å². The molecule has 0 aromatic rings. The molecule has 56 heavy (non-hydrogen) atoms. The minimum absolute atomic E-state index is 0.171. The van der Waals surface area contributed by atoms with Crippen LogP contribution in [0.3, 0.4) is 0 Å². The normalized spacial score (nSPS) is 12.2. The molecule has 0 spiro atoms. The van der Waals surface area contributed by atoms with Crippen molar-refractivity contribution in [3.05, 3.63) is 0 Å². The maximum absolute atomic E-state index is 12.3. The average molecular weight is 793 g/mol. The molecule has 0 rings (SSSR count). The monoisotopic (exact) mass is 793 g/mol. The zero-order valence-corrected chi connectivity index (χ0v) is 38.7. The minimum Gasteiger partial charge on any atom is -0.390 e. The summed E-state index contributed by atoms with van der Waals surface area (Å²) in [5, 5.41) is 21.2. The lowest BCUT2D eigenvalue weighted by atomic mass is 10.1. The van der Waals surface area contributed by atoms with E-state index < -0.39 is 0 Å². The van der Waals surface area contributed by atoms with Crippen LogP contribution in [-0.2, 0) is 4.79 Å². The van der Waals surface area contributed by atoms with Gasteiger partial charge in [-0.3, -0.25) is 4.79 Å². The molecule has 0 aliphatic rings. The molecule has 1 amide bonds. The van der Waals surface area contributed by atoms with E-state index in [0.29, 0.717) is 13.0 Å². The highest BCUT2D eigenvalue weighted by Gasteiger charge is 2.12. The molecule has 6 nitrogen and oxygen atoms in total. The Morgan fingerprint density at radius 2 is 0.732 bits per heavy atom. The highest BCUT2D eigenvalue weighted by Crippen LogP contribution is 2.14. The van der Waals surface area contributed by atoms with Crippen molar-refractivity contribution >= 4 is 5.91 Å². The Bertz CT molecular complexity index is 738. The molecule has 1 unspecified atom stereocenters. The van der Waals surface area contributed by atoms with Crippen molar-refractivity contribution in [2.45, 2.75) is 264 Å². The molecule has 0 heterocycles. The van der Waals surface area contributed by atoms with E-state index in [4.69, 9.17) is 0 Å². The largest absolute Gasteiger partial charge is 0.390 e. The Morgan fingerprint density at radius 1 is 0.411 bits per heavy atom. The number of carbonyl (C=O) groups is 1. The van der Waals surface area contributed by atoms with E-state index in [0.717, 1.165) is 58.7 Å². The summed E-state index contributed by atoms with van der Waals surface area (Å²) >= 11 is 0. The van der Waals surface area contributed by atoms with Crippen LogP contribution in [0.1, 0.15) is 258 Å². The Kier molecular flexibility index (Phi) is 48.1. The number of aliphatic hydroxyl groups excluding tert-OH is 1. The first-order valence-electron chi connectivity index (χ1n) is 25.7. The molecule has 0 aromatic carbocycles. The lowest BCUT2D eigenvalue weighted by Crippen LogP contribution is -2.39. The molecular weight excluding hydrogens is 689 g/mol. The van der Waals surface area contributed by atoms with Crippen LogP contribution >= 0.6 is 0 Å². The Balaban J connectivity index is 4.09. The van der Waals surface area contributed by atoms with Gasteiger partial charge in [-0.15, -0.1) is 0 Å². The van der Waals surface area contributed by atoms with Crippen molar-refractivity contribution in [1.29, 1.82) is 0 Å². The van der Waals surface area contributed by atoms with Crippen LogP contribution in [0.4, 0.5) is 0 Å². The van der Waals surface area contributed by atoms with Gasteiger partial charge in [-0.1, -0.05) is 213 Å². The van der Waals surface area contributed by atoms with Crippen molar-refractivity contribution in [2.75, 3.05) is 52.4 Å². The van der Waals surface area contributed by atoms with Gasteiger partial charge in [0.05, 0.1) is 6.10 Å². The predicted octanol–water partition coefficient (Wildman–Crippen LogP) is 13.4. The number of nitrogens with zero attached hydrogens (tertiary/aromatic N) is 1. The van der Waals surface area contributed by atoms with Gasteiger partial charge in [0.15, 0.2) is 0 Å².